The molecule has 2 nitrogen and oxygen atoms in total. The lowest BCUT2D eigenvalue weighted by molar-refractivity contribution is -0.104. The molecule has 0 bridgehead atoms. The third-order valence-electron chi connectivity index (χ3n) is 3.81. The monoisotopic (exact) mass is 264 g/mol. The fourth-order valence-electron chi connectivity index (χ4n) is 2.81. The number of methoxy groups -OCH3 is 1. The second-order valence-corrected chi connectivity index (χ2v) is 4.90. The number of carbonyl (C=O) groups excluding carboxylic acids is 1. The first-order valence-electron chi connectivity index (χ1n) is 6.74. The molecule has 3 rings (SSSR count). The highest BCUT2D eigenvalue weighted by molar-refractivity contribution is 5.92. The molecule has 0 atom stereocenters. The highest BCUT2D eigenvalue weighted by Crippen LogP contribution is 2.35. The number of aryl methyl sites for hydroxylation is 2. The average molecular weight is 264 g/mol. The number of carbonyl (C=O) groups is 1. The molecule has 0 radical (unpaired) electrons. The van der Waals surface area contributed by atoms with Gasteiger partial charge in [0.1, 0.15) is 12.0 Å². The lowest BCUT2D eigenvalue weighted by Gasteiger charge is -2.12. The maximum absolute atomic E-state index is 11.1. The number of aldehydes is 1. The van der Waals surface area contributed by atoms with Crippen LogP contribution in [0.3, 0.4) is 0 Å². The van der Waals surface area contributed by atoms with Crippen molar-refractivity contribution in [3.8, 4) is 5.75 Å². The van der Waals surface area contributed by atoms with Crippen molar-refractivity contribution >= 4 is 11.9 Å². The first-order valence-corrected chi connectivity index (χ1v) is 6.74. The Morgan fingerprint density at radius 3 is 2.50 bits per heavy atom. The molecular formula is C18H16O2. The number of fused-ring (bicyclic) bond motifs is 2. The maximum atomic E-state index is 11.1. The molecule has 2 aromatic carbocycles. The van der Waals surface area contributed by atoms with E-state index in [-0.39, 0.29) is 0 Å². The molecule has 20 heavy (non-hydrogen) atoms. The van der Waals surface area contributed by atoms with Crippen molar-refractivity contribution in [1.29, 1.82) is 0 Å². The normalized spacial score (nSPS) is 15.2. The molecule has 0 N–H and O–H groups in total. The predicted octanol–water partition coefficient (Wildman–Crippen LogP) is 3.42. The van der Waals surface area contributed by atoms with Gasteiger partial charge in [-0.05, 0) is 58.9 Å². The number of allylic oxidation sites excluding steroid dienone is 1. The van der Waals surface area contributed by atoms with Crippen LogP contribution in [0, 0.1) is 0 Å². The Bertz CT molecular complexity index is 684. The standard InChI is InChI=1S/C18H16O2/c1-20-15-9-8-14-7-6-13-4-2-3-5-16(13)17(10-11-19)18(14)12-15/h2-5,8-12H,6-7H2,1H3. The number of ether oxygens (including phenoxy) is 1. The van der Waals surface area contributed by atoms with Crippen LogP contribution in [0.15, 0.2) is 48.5 Å². The van der Waals surface area contributed by atoms with E-state index >= 15 is 0 Å². The van der Waals surface area contributed by atoms with Crippen molar-refractivity contribution < 1.29 is 9.53 Å². The first-order chi connectivity index (χ1) is 9.83. The summed E-state index contributed by atoms with van der Waals surface area (Å²) in [6.07, 6.45) is 4.49. The van der Waals surface area contributed by atoms with Crippen LogP contribution in [0.5, 0.6) is 5.75 Å². The summed E-state index contributed by atoms with van der Waals surface area (Å²) in [5.41, 5.74) is 5.78. The van der Waals surface area contributed by atoms with E-state index < -0.39 is 0 Å². The summed E-state index contributed by atoms with van der Waals surface area (Å²) >= 11 is 0. The molecule has 0 heterocycles. The van der Waals surface area contributed by atoms with Crippen molar-refractivity contribution in [1.82, 2.24) is 0 Å². The molecule has 0 saturated carbocycles. The molecule has 0 spiro atoms. The zero-order valence-electron chi connectivity index (χ0n) is 11.4. The highest BCUT2D eigenvalue weighted by atomic mass is 16.5. The Kier molecular flexibility index (Phi) is 3.38. The van der Waals surface area contributed by atoms with Crippen LogP contribution in [-0.2, 0) is 17.6 Å². The van der Waals surface area contributed by atoms with Crippen LogP contribution in [0.2, 0.25) is 0 Å². The van der Waals surface area contributed by atoms with Gasteiger partial charge in [-0.15, -0.1) is 0 Å². The smallest absolute Gasteiger partial charge is 0.143 e. The van der Waals surface area contributed by atoms with Gasteiger partial charge in [0.25, 0.3) is 0 Å². The Hall–Kier alpha value is -2.35. The van der Waals surface area contributed by atoms with Gasteiger partial charge in [0, 0.05) is 0 Å². The number of hydrogen-bond donors (Lipinski definition) is 0. The van der Waals surface area contributed by atoms with E-state index in [2.05, 4.69) is 18.2 Å². The quantitative estimate of drug-likeness (QED) is 0.613. The molecule has 2 aromatic rings. The van der Waals surface area contributed by atoms with Crippen LogP contribution in [0.1, 0.15) is 22.3 Å². The minimum Gasteiger partial charge on any atom is -0.497 e. The number of rotatable bonds is 2. The molecular weight excluding hydrogens is 248 g/mol. The largest absolute Gasteiger partial charge is 0.497 e. The summed E-state index contributed by atoms with van der Waals surface area (Å²) in [6, 6.07) is 14.4. The summed E-state index contributed by atoms with van der Waals surface area (Å²) < 4.78 is 5.32. The van der Waals surface area contributed by atoms with Crippen molar-refractivity contribution in [2.75, 3.05) is 7.11 Å². The van der Waals surface area contributed by atoms with Gasteiger partial charge in [0.15, 0.2) is 0 Å². The highest BCUT2D eigenvalue weighted by Gasteiger charge is 2.18. The van der Waals surface area contributed by atoms with Crippen LogP contribution < -0.4 is 4.74 Å². The van der Waals surface area contributed by atoms with E-state index in [1.165, 1.54) is 11.1 Å². The third kappa shape index (κ3) is 2.14. The van der Waals surface area contributed by atoms with Crippen molar-refractivity contribution in [3.63, 3.8) is 0 Å². The fourth-order valence-corrected chi connectivity index (χ4v) is 2.81. The fraction of sp³-hybridized carbons (Fsp3) is 0.167. The van der Waals surface area contributed by atoms with Gasteiger partial charge in [-0.3, -0.25) is 4.79 Å². The zero-order valence-corrected chi connectivity index (χ0v) is 11.4. The van der Waals surface area contributed by atoms with E-state index in [9.17, 15) is 4.79 Å². The Labute approximate surface area is 118 Å². The molecule has 0 amide bonds. The molecule has 0 saturated heterocycles. The van der Waals surface area contributed by atoms with Crippen molar-refractivity contribution in [2.24, 2.45) is 0 Å². The molecule has 0 unspecified atom stereocenters. The van der Waals surface area contributed by atoms with Gasteiger partial charge < -0.3 is 4.74 Å². The minimum atomic E-state index is 0.819. The van der Waals surface area contributed by atoms with Gasteiger partial charge in [0.2, 0.25) is 0 Å². The van der Waals surface area contributed by atoms with Gasteiger partial charge in [-0.2, -0.15) is 0 Å². The van der Waals surface area contributed by atoms with Crippen LogP contribution >= 0.6 is 0 Å². The van der Waals surface area contributed by atoms with Crippen molar-refractivity contribution in [2.45, 2.75) is 12.8 Å². The molecule has 0 aromatic heterocycles. The summed E-state index contributed by atoms with van der Waals surface area (Å²) in [7, 11) is 1.66. The SMILES string of the molecule is COc1ccc2c(c1)C(=CC=O)c1ccccc1CC2. The topological polar surface area (TPSA) is 26.3 Å². The second-order valence-electron chi connectivity index (χ2n) is 4.90. The Balaban J connectivity index is 2.25. The van der Waals surface area contributed by atoms with Gasteiger partial charge in [0.05, 0.1) is 7.11 Å². The van der Waals surface area contributed by atoms with E-state index in [1.54, 1.807) is 13.2 Å². The van der Waals surface area contributed by atoms with E-state index in [4.69, 9.17) is 4.74 Å². The van der Waals surface area contributed by atoms with Crippen LogP contribution in [0.4, 0.5) is 0 Å². The summed E-state index contributed by atoms with van der Waals surface area (Å²) in [6.45, 7) is 0. The number of hydrogen-bond acceptors (Lipinski definition) is 2. The van der Waals surface area contributed by atoms with Crippen LogP contribution in [0.25, 0.3) is 5.57 Å². The van der Waals surface area contributed by atoms with E-state index in [0.717, 1.165) is 41.6 Å². The number of benzene rings is 2. The molecule has 0 fully saturated rings. The zero-order chi connectivity index (χ0) is 13.9. The van der Waals surface area contributed by atoms with Gasteiger partial charge in [-0.1, -0.05) is 30.3 Å². The summed E-state index contributed by atoms with van der Waals surface area (Å²) in [4.78, 5) is 11.1. The van der Waals surface area contributed by atoms with E-state index in [1.807, 2.05) is 24.3 Å². The lowest BCUT2D eigenvalue weighted by Crippen LogP contribution is -1.94. The molecule has 100 valence electrons. The van der Waals surface area contributed by atoms with Crippen molar-refractivity contribution in [3.05, 3.63) is 70.8 Å². The van der Waals surface area contributed by atoms with Gasteiger partial charge in [-0.25, -0.2) is 0 Å². The van der Waals surface area contributed by atoms with Crippen LogP contribution in [-0.4, -0.2) is 13.4 Å². The predicted molar refractivity (Wildman–Crippen MR) is 80.0 cm³/mol. The second kappa shape index (κ2) is 5.33. The molecule has 1 aliphatic rings. The Morgan fingerprint density at radius 2 is 1.75 bits per heavy atom. The molecule has 0 aliphatic heterocycles. The summed E-state index contributed by atoms with van der Waals surface area (Å²) in [5, 5.41) is 0. The third-order valence-corrected chi connectivity index (χ3v) is 3.81. The molecule has 2 heteroatoms. The lowest BCUT2D eigenvalue weighted by atomic mass is 9.94. The van der Waals surface area contributed by atoms with E-state index in [0.29, 0.717) is 0 Å². The maximum Gasteiger partial charge on any atom is 0.143 e. The molecule has 1 aliphatic carbocycles. The summed E-state index contributed by atoms with van der Waals surface area (Å²) in [5.74, 6) is 0.819. The minimum absolute atomic E-state index is 0.819. The Morgan fingerprint density at radius 1 is 1.00 bits per heavy atom. The average Bonchev–Trinajstić information content (AvgIpc) is 2.65. The first kappa shape index (κ1) is 12.7. The van der Waals surface area contributed by atoms with Gasteiger partial charge >= 0.3 is 0 Å².